The Morgan fingerprint density at radius 1 is 1.38 bits per heavy atom. The van der Waals surface area contributed by atoms with E-state index in [0.29, 0.717) is 0 Å². The molecule has 2 atom stereocenters. The molecule has 1 aliphatic heterocycles. The summed E-state index contributed by atoms with van der Waals surface area (Å²) in [5.41, 5.74) is 0.612. The van der Waals surface area contributed by atoms with E-state index in [1.54, 1.807) is 0 Å². The van der Waals surface area contributed by atoms with Crippen molar-refractivity contribution in [1.82, 2.24) is 0 Å². The van der Waals surface area contributed by atoms with Crippen molar-refractivity contribution in [3.05, 3.63) is 24.3 Å². The van der Waals surface area contributed by atoms with Crippen LogP contribution in [0.2, 0.25) is 0 Å². The normalized spacial score (nSPS) is 26.0. The number of hydrogen-bond donors (Lipinski definition) is 2. The van der Waals surface area contributed by atoms with Gasteiger partial charge in [-0.2, -0.15) is 0 Å². The van der Waals surface area contributed by atoms with Gasteiger partial charge in [0, 0.05) is 16.0 Å². The highest BCUT2D eigenvalue weighted by Gasteiger charge is 2.52. The second-order valence-electron chi connectivity index (χ2n) is 4.84. The number of benzene rings is 1. The molecule has 0 bridgehead atoms. The summed E-state index contributed by atoms with van der Waals surface area (Å²) in [4.78, 5) is 1.03. The second kappa shape index (κ2) is 3.75. The van der Waals surface area contributed by atoms with E-state index in [4.69, 9.17) is 0 Å². The lowest BCUT2D eigenvalue weighted by molar-refractivity contribution is 0.370. The molecule has 0 saturated heterocycles. The summed E-state index contributed by atoms with van der Waals surface area (Å²) in [6.45, 7) is 5.90. The van der Waals surface area contributed by atoms with Gasteiger partial charge >= 0.3 is 0 Å². The molecule has 1 aromatic carbocycles. The SMILES string of the molecule is CC(C)(C)C1(S(=O)O)Nc2ccccc2S1. The van der Waals surface area contributed by atoms with Crippen LogP contribution in [-0.4, -0.2) is 13.0 Å². The van der Waals surface area contributed by atoms with E-state index >= 15 is 0 Å². The van der Waals surface area contributed by atoms with Crippen LogP contribution in [0.3, 0.4) is 0 Å². The highest BCUT2D eigenvalue weighted by Crippen LogP contribution is 2.54. The molecule has 88 valence electrons. The van der Waals surface area contributed by atoms with Gasteiger partial charge in [0.2, 0.25) is 0 Å². The highest BCUT2D eigenvalue weighted by atomic mass is 32.2. The minimum absolute atomic E-state index is 0.323. The van der Waals surface area contributed by atoms with Crippen LogP contribution >= 0.6 is 11.8 Å². The number of nitrogens with one attached hydrogen (secondary N) is 1. The molecule has 2 N–H and O–H groups in total. The number of fused-ring (bicyclic) bond motifs is 1. The van der Waals surface area contributed by atoms with E-state index in [9.17, 15) is 8.76 Å². The maximum absolute atomic E-state index is 11.7. The van der Waals surface area contributed by atoms with Crippen LogP contribution < -0.4 is 5.32 Å². The summed E-state index contributed by atoms with van der Waals surface area (Å²) in [7, 11) is 0. The van der Waals surface area contributed by atoms with E-state index < -0.39 is 15.3 Å². The maximum Gasteiger partial charge on any atom is 0.195 e. The van der Waals surface area contributed by atoms with Gasteiger partial charge in [-0.05, 0) is 12.1 Å². The summed E-state index contributed by atoms with van der Waals surface area (Å²) in [5.74, 6) is 0. The molecule has 0 aliphatic carbocycles. The van der Waals surface area contributed by atoms with Crippen molar-refractivity contribution in [3.63, 3.8) is 0 Å². The average Bonchev–Trinajstić information content (AvgIpc) is 2.56. The third-order valence-corrected chi connectivity index (χ3v) is 6.14. The van der Waals surface area contributed by atoms with Crippen molar-refractivity contribution < 1.29 is 8.76 Å². The summed E-state index contributed by atoms with van der Waals surface area (Å²) in [6.07, 6.45) is 0. The zero-order valence-corrected chi connectivity index (χ0v) is 11.1. The first-order valence-electron chi connectivity index (χ1n) is 5.04. The maximum atomic E-state index is 11.7. The fourth-order valence-electron chi connectivity index (χ4n) is 1.70. The number of hydrogen-bond acceptors (Lipinski definition) is 3. The van der Waals surface area contributed by atoms with Crippen molar-refractivity contribution >= 4 is 28.5 Å². The highest BCUT2D eigenvalue weighted by molar-refractivity contribution is 8.11. The lowest BCUT2D eigenvalue weighted by Gasteiger charge is -2.37. The van der Waals surface area contributed by atoms with Gasteiger partial charge in [-0.1, -0.05) is 44.7 Å². The molecule has 0 aromatic heterocycles. The monoisotopic (exact) mass is 257 g/mol. The van der Waals surface area contributed by atoms with Crippen LogP contribution in [0.15, 0.2) is 29.2 Å². The van der Waals surface area contributed by atoms with Crippen LogP contribution in [0.1, 0.15) is 20.8 Å². The Morgan fingerprint density at radius 3 is 2.50 bits per heavy atom. The lowest BCUT2D eigenvalue weighted by Crippen LogP contribution is -2.48. The molecule has 0 saturated carbocycles. The molecule has 3 nitrogen and oxygen atoms in total. The van der Waals surface area contributed by atoms with E-state index in [1.807, 2.05) is 45.0 Å². The first-order valence-corrected chi connectivity index (χ1v) is 6.96. The first-order chi connectivity index (χ1) is 7.37. The van der Waals surface area contributed by atoms with Crippen LogP contribution in [0, 0.1) is 5.41 Å². The van der Waals surface area contributed by atoms with Crippen molar-refractivity contribution in [1.29, 1.82) is 0 Å². The Labute approximate surface area is 102 Å². The van der Waals surface area contributed by atoms with Gasteiger partial charge in [-0.15, -0.1) is 0 Å². The van der Waals surface area contributed by atoms with Crippen molar-refractivity contribution in [2.24, 2.45) is 5.41 Å². The van der Waals surface area contributed by atoms with E-state index in [2.05, 4.69) is 5.32 Å². The average molecular weight is 257 g/mol. The largest absolute Gasteiger partial charge is 0.357 e. The molecule has 0 fully saturated rings. The van der Waals surface area contributed by atoms with Crippen LogP contribution in [0.25, 0.3) is 0 Å². The Balaban J connectivity index is 2.47. The Morgan fingerprint density at radius 2 is 2.00 bits per heavy atom. The lowest BCUT2D eigenvalue weighted by atomic mass is 9.95. The van der Waals surface area contributed by atoms with Gasteiger partial charge in [0.15, 0.2) is 15.3 Å². The minimum Gasteiger partial charge on any atom is -0.357 e. The molecule has 0 amide bonds. The zero-order chi connectivity index (χ0) is 12.0. The minimum atomic E-state index is -1.94. The molecule has 5 heteroatoms. The van der Waals surface area contributed by atoms with Gasteiger partial charge in [0.1, 0.15) is 0 Å². The number of rotatable bonds is 1. The molecule has 2 rings (SSSR count). The molecular formula is C11H15NO2S2. The predicted octanol–water partition coefficient (Wildman–Crippen LogP) is 3.13. The Kier molecular flexibility index (Phi) is 2.80. The number of anilines is 1. The van der Waals surface area contributed by atoms with Gasteiger partial charge < -0.3 is 9.87 Å². The van der Waals surface area contributed by atoms with Crippen LogP contribution in [0.4, 0.5) is 5.69 Å². The van der Waals surface area contributed by atoms with Crippen molar-refractivity contribution in [3.8, 4) is 0 Å². The summed E-state index contributed by atoms with van der Waals surface area (Å²) in [6, 6.07) is 7.76. The quantitative estimate of drug-likeness (QED) is 0.759. The third-order valence-electron chi connectivity index (χ3n) is 2.67. The third kappa shape index (κ3) is 1.67. The van der Waals surface area contributed by atoms with Crippen molar-refractivity contribution in [2.45, 2.75) is 29.9 Å². The molecular weight excluding hydrogens is 242 g/mol. The number of para-hydroxylation sites is 1. The molecule has 1 aliphatic rings. The predicted molar refractivity (Wildman–Crippen MR) is 68.9 cm³/mol. The molecule has 16 heavy (non-hydrogen) atoms. The Bertz CT molecular complexity index is 415. The zero-order valence-electron chi connectivity index (χ0n) is 9.48. The molecule has 1 aromatic rings. The first kappa shape index (κ1) is 12.0. The van der Waals surface area contributed by atoms with E-state index in [1.165, 1.54) is 11.8 Å². The van der Waals surface area contributed by atoms with Gasteiger partial charge in [0.25, 0.3) is 0 Å². The topological polar surface area (TPSA) is 49.3 Å². The summed E-state index contributed by atoms with van der Waals surface area (Å²) >= 11 is -0.506. The van der Waals surface area contributed by atoms with Gasteiger partial charge in [0.05, 0.1) is 0 Å². The standard InChI is InChI=1S/C11H15NO2S2/c1-10(2,3)11(16(13)14)12-8-6-4-5-7-9(8)15-11/h4-7,12H,1-3H3,(H,13,14). The molecule has 2 unspecified atom stereocenters. The smallest absolute Gasteiger partial charge is 0.195 e. The summed E-state index contributed by atoms with van der Waals surface area (Å²) in [5, 5.41) is 3.20. The van der Waals surface area contributed by atoms with E-state index in [0.717, 1.165) is 10.6 Å². The number of thioether (sulfide) groups is 1. The fourth-order valence-corrected chi connectivity index (χ4v) is 4.13. The van der Waals surface area contributed by atoms with Crippen molar-refractivity contribution in [2.75, 3.05) is 5.32 Å². The van der Waals surface area contributed by atoms with Gasteiger partial charge in [-0.25, -0.2) is 4.21 Å². The Hall–Kier alpha value is -0.520. The second-order valence-corrected chi connectivity index (χ2v) is 7.46. The molecule has 1 heterocycles. The van der Waals surface area contributed by atoms with Crippen LogP contribution in [-0.2, 0) is 11.1 Å². The fraction of sp³-hybridized carbons (Fsp3) is 0.455. The van der Waals surface area contributed by atoms with Gasteiger partial charge in [-0.3, -0.25) is 0 Å². The molecule has 0 radical (unpaired) electrons. The van der Waals surface area contributed by atoms with E-state index in [-0.39, 0.29) is 5.41 Å². The molecule has 0 spiro atoms. The van der Waals surface area contributed by atoms with Crippen LogP contribution in [0.5, 0.6) is 0 Å². The summed E-state index contributed by atoms with van der Waals surface area (Å²) < 4.78 is 20.4.